The van der Waals surface area contributed by atoms with Crippen molar-refractivity contribution in [2.24, 2.45) is 0 Å². The number of carboxylic acids is 1. The molecule has 98 valence electrons. The molecular formula is C11H6BrFN2O4. The number of hydrogen-bond donors (Lipinski definition) is 2. The van der Waals surface area contributed by atoms with Gasteiger partial charge in [0.25, 0.3) is 5.91 Å². The maximum atomic E-state index is 13.5. The van der Waals surface area contributed by atoms with Gasteiger partial charge in [0.2, 0.25) is 5.76 Å². The number of nitrogens with zero attached hydrogens (tertiary/aromatic N) is 1. The standard InChI is InChI=1S/C11H6BrFN2O4/c12-5-1-2-7(6(13)3-5)14-10(16)8-4-9(11(17)18)19-15-8/h1-4H,(H,14,16)(H,17,18). The molecule has 8 heteroatoms. The fraction of sp³-hybridized carbons (Fsp3) is 0. The van der Waals surface area contributed by atoms with E-state index in [0.717, 1.165) is 6.07 Å². The maximum absolute atomic E-state index is 13.5. The number of amides is 1. The van der Waals surface area contributed by atoms with Crippen LogP contribution in [0.5, 0.6) is 0 Å². The molecule has 0 aliphatic rings. The Balaban J connectivity index is 2.18. The Morgan fingerprint density at radius 3 is 2.68 bits per heavy atom. The molecule has 0 saturated heterocycles. The molecule has 1 heterocycles. The average molecular weight is 329 g/mol. The minimum Gasteiger partial charge on any atom is -0.475 e. The summed E-state index contributed by atoms with van der Waals surface area (Å²) in [4.78, 5) is 22.2. The second-order valence-corrected chi connectivity index (χ2v) is 4.38. The number of anilines is 1. The Morgan fingerprint density at radius 2 is 2.11 bits per heavy atom. The molecule has 1 aromatic carbocycles. The zero-order chi connectivity index (χ0) is 14.0. The lowest BCUT2D eigenvalue weighted by Gasteiger charge is -2.04. The van der Waals surface area contributed by atoms with Crippen molar-refractivity contribution >= 4 is 33.5 Å². The SMILES string of the molecule is O=C(Nc1ccc(Br)cc1F)c1cc(C(=O)O)on1. The Bertz CT molecular complexity index is 656. The molecule has 0 fully saturated rings. The normalized spacial score (nSPS) is 10.2. The first kappa shape index (κ1) is 13.2. The molecule has 0 aliphatic heterocycles. The van der Waals surface area contributed by atoms with E-state index < -0.39 is 23.5 Å². The van der Waals surface area contributed by atoms with Gasteiger partial charge in [-0.3, -0.25) is 4.79 Å². The number of aromatic carboxylic acids is 1. The molecule has 1 aromatic heterocycles. The summed E-state index contributed by atoms with van der Waals surface area (Å²) >= 11 is 3.08. The molecule has 0 spiro atoms. The van der Waals surface area contributed by atoms with Crippen LogP contribution < -0.4 is 5.32 Å². The second-order valence-electron chi connectivity index (χ2n) is 3.46. The topological polar surface area (TPSA) is 92.4 Å². The highest BCUT2D eigenvalue weighted by Gasteiger charge is 2.17. The quantitative estimate of drug-likeness (QED) is 0.903. The summed E-state index contributed by atoms with van der Waals surface area (Å²) < 4.78 is 18.4. The van der Waals surface area contributed by atoms with E-state index in [-0.39, 0.29) is 11.4 Å². The van der Waals surface area contributed by atoms with Crippen molar-refractivity contribution in [2.75, 3.05) is 5.32 Å². The molecule has 0 unspecified atom stereocenters. The third-order valence-corrected chi connectivity index (χ3v) is 2.63. The predicted octanol–water partition coefficient (Wildman–Crippen LogP) is 2.53. The van der Waals surface area contributed by atoms with Crippen molar-refractivity contribution in [3.8, 4) is 0 Å². The van der Waals surface area contributed by atoms with Crippen LogP contribution in [0.2, 0.25) is 0 Å². The second kappa shape index (κ2) is 5.19. The summed E-state index contributed by atoms with van der Waals surface area (Å²) in [6, 6.07) is 5.04. The highest BCUT2D eigenvalue weighted by molar-refractivity contribution is 9.10. The lowest BCUT2D eigenvalue weighted by molar-refractivity contribution is 0.0651. The summed E-state index contributed by atoms with van der Waals surface area (Å²) in [6.45, 7) is 0. The molecule has 6 nitrogen and oxygen atoms in total. The van der Waals surface area contributed by atoms with Crippen molar-refractivity contribution in [1.82, 2.24) is 5.16 Å². The van der Waals surface area contributed by atoms with Gasteiger partial charge in [-0.1, -0.05) is 21.1 Å². The fourth-order valence-corrected chi connectivity index (χ4v) is 1.59. The summed E-state index contributed by atoms with van der Waals surface area (Å²) in [7, 11) is 0. The molecule has 2 rings (SSSR count). The van der Waals surface area contributed by atoms with Crippen LogP contribution in [-0.4, -0.2) is 22.1 Å². The number of carboxylic acid groups (broad SMARTS) is 1. The number of benzene rings is 1. The van der Waals surface area contributed by atoms with Gasteiger partial charge in [0.15, 0.2) is 5.69 Å². The predicted molar refractivity (Wildman–Crippen MR) is 65.5 cm³/mol. The number of carbonyl (C=O) groups excluding carboxylic acids is 1. The van der Waals surface area contributed by atoms with E-state index in [1.165, 1.54) is 12.1 Å². The van der Waals surface area contributed by atoms with Crippen LogP contribution in [0.3, 0.4) is 0 Å². The van der Waals surface area contributed by atoms with E-state index in [9.17, 15) is 14.0 Å². The van der Waals surface area contributed by atoms with E-state index >= 15 is 0 Å². The first-order valence-corrected chi connectivity index (χ1v) is 5.73. The van der Waals surface area contributed by atoms with Gasteiger partial charge in [0.05, 0.1) is 5.69 Å². The summed E-state index contributed by atoms with van der Waals surface area (Å²) in [5.74, 6) is -3.22. The third-order valence-electron chi connectivity index (χ3n) is 2.13. The van der Waals surface area contributed by atoms with E-state index in [1.54, 1.807) is 6.07 Å². The van der Waals surface area contributed by atoms with Crippen LogP contribution in [0.15, 0.2) is 33.3 Å². The first-order chi connectivity index (χ1) is 8.97. The molecule has 0 atom stereocenters. The van der Waals surface area contributed by atoms with Crippen LogP contribution in [0.25, 0.3) is 0 Å². The van der Waals surface area contributed by atoms with Crippen molar-refractivity contribution in [3.05, 3.63) is 46.0 Å². The minimum absolute atomic E-state index is 0.0481. The average Bonchev–Trinajstić information content (AvgIpc) is 2.82. The van der Waals surface area contributed by atoms with Crippen LogP contribution in [0.1, 0.15) is 21.0 Å². The monoisotopic (exact) mass is 328 g/mol. The van der Waals surface area contributed by atoms with Crippen LogP contribution >= 0.6 is 15.9 Å². The van der Waals surface area contributed by atoms with Crippen molar-refractivity contribution < 1.29 is 23.6 Å². The van der Waals surface area contributed by atoms with Crippen molar-refractivity contribution in [3.63, 3.8) is 0 Å². The van der Waals surface area contributed by atoms with Gasteiger partial charge in [-0.15, -0.1) is 0 Å². The zero-order valence-corrected chi connectivity index (χ0v) is 10.8. The summed E-state index contributed by atoms with van der Waals surface area (Å²) in [5, 5.41) is 14.2. The zero-order valence-electron chi connectivity index (χ0n) is 9.18. The fourth-order valence-electron chi connectivity index (χ4n) is 1.26. The molecule has 2 aromatic rings. The Kier molecular flexibility index (Phi) is 3.61. The van der Waals surface area contributed by atoms with Gasteiger partial charge in [-0.2, -0.15) is 0 Å². The maximum Gasteiger partial charge on any atom is 0.374 e. The molecule has 0 radical (unpaired) electrons. The molecule has 1 amide bonds. The molecule has 0 bridgehead atoms. The van der Waals surface area contributed by atoms with Crippen LogP contribution in [0.4, 0.5) is 10.1 Å². The van der Waals surface area contributed by atoms with Crippen molar-refractivity contribution in [1.29, 1.82) is 0 Å². The molecule has 0 saturated carbocycles. The van der Waals surface area contributed by atoms with Gasteiger partial charge in [0.1, 0.15) is 5.82 Å². The largest absolute Gasteiger partial charge is 0.475 e. The highest BCUT2D eigenvalue weighted by atomic mass is 79.9. The van der Waals surface area contributed by atoms with Gasteiger partial charge in [-0.25, -0.2) is 9.18 Å². The van der Waals surface area contributed by atoms with Gasteiger partial charge >= 0.3 is 5.97 Å². The number of hydrogen-bond acceptors (Lipinski definition) is 4. The lowest BCUT2D eigenvalue weighted by Crippen LogP contribution is -2.13. The Hall–Kier alpha value is -2.22. The van der Waals surface area contributed by atoms with E-state index in [1.807, 2.05) is 0 Å². The van der Waals surface area contributed by atoms with Gasteiger partial charge < -0.3 is 14.9 Å². The van der Waals surface area contributed by atoms with E-state index in [0.29, 0.717) is 4.47 Å². The number of nitrogens with one attached hydrogen (secondary N) is 1. The van der Waals surface area contributed by atoms with E-state index in [4.69, 9.17) is 5.11 Å². The number of carbonyl (C=O) groups is 2. The van der Waals surface area contributed by atoms with Gasteiger partial charge in [-0.05, 0) is 18.2 Å². The van der Waals surface area contributed by atoms with Gasteiger partial charge in [0, 0.05) is 10.5 Å². The van der Waals surface area contributed by atoms with Crippen LogP contribution in [-0.2, 0) is 0 Å². The third kappa shape index (κ3) is 2.97. The lowest BCUT2D eigenvalue weighted by atomic mass is 10.3. The first-order valence-electron chi connectivity index (χ1n) is 4.94. The molecule has 2 N–H and O–H groups in total. The summed E-state index contributed by atoms with van der Waals surface area (Å²) in [6.07, 6.45) is 0. The number of halogens is 2. The Labute approximate surface area is 114 Å². The number of aromatic nitrogens is 1. The minimum atomic E-state index is -1.35. The molecule has 19 heavy (non-hydrogen) atoms. The summed E-state index contributed by atoms with van der Waals surface area (Å²) in [5.41, 5.74) is -0.298. The van der Waals surface area contributed by atoms with E-state index in [2.05, 4.69) is 30.9 Å². The highest BCUT2D eigenvalue weighted by Crippen LogP contribution is 2.20. The van der Waals surface area contributed by atoms with Crippen molar-refractivity contribution in [2.45, 2.75) is 0 Å². The molecule has 0 aliphatic carbocycles. The number of rotatable bonds is 3. The smallest absolute Gasteiger partial charge is 0.374 e. The Morgan fingerprint density at radius 1 is 1.37 bits per heavy atom. The van der Waals surface area contributed by atoms with Crippen LogP contribution in [0, 0.1) is 5.82 Å². The molecular weight excluding hydrogens is 323 g/mol.